The van der Waals surface area contributed by atoms with Gasteiger partial charge in [-0.05, 0) is 38.8 Å². The molecule has 2 bridgehead atoms. The van der Waals surface area contributed by atoms with E-state index < -0.39 is 0 Å². The minimum Gasteiger partial charge on any atom is -0.373 e. The Morgan fingerprint density at radius 2 is 2.00 bits per heavy atom. The van der Waals surface area contributed by atoms with Crippen molar-refractivity contribution in [3.05, 3.63) is 29.0 Å². The van der Waals surface area contributed by atoms with Gasteiger partial charge in [-0.1, -0.05) is 17.7 Å². The van der Waals surface area contributed by atoms with Crippen LogP contribution in [0.2, 0.25) is 5.15 Å². The van der Waals surface area contributed by atoms with Crippen molar-refractivity contribution in [3.63, 3.8) is 0 Å². The molecule has 2 atom stereocenters. The molecule has 3 rings (SSSR count). The molecule has 18 heavy (non-hydrogen) atoms. The smallest absolute Gasteiger partial charge is 0.129 e. The molecular formula is C14H19ClN2O. The average molecular weight is 267 g/mol. The fourth-order valence-corrected chi connectivity index (χ4v) is 3.70. The number of fused-ring (bicyclic) bond motifs is 2. The second-order valence-electron chi connectivity index (χ2n) is 5.53. The lowest BCUT2D eigenvalue weighted by molar-refractivity contribution is -0.0814. The van der Waals surface area contributed by atoms with Gasteiger partial charge in [-0.2, -0.15) is 0 Å². The summed E-state index contributed by atoms with van der Waals surface area (Å²) >= 11 is 5.87. The van der Waals surface area contributed by atoms with Gasteiger partial charge in [0.15, 0.2) is 0 Å². The second-order valence-corrected chi connectivity index (χ2v) is 5.91. The third-order valence-corrected chi connectivity index (χ3v) is 4.98. The van der Waals surface area contributed by atoms with Gasteiger partial charge in [-0.3, -0.25) is 0 Å². The largest absolute Gasteiger partial charge is 0.373 e. The number of hydrogen-bond acceptors (Lipinski definition) is 3. The molecule has 2 unspecified atom stereocenters. The predicted molar refractivity (Wildman–Crippen MR) is 71.7 cm³/mol. The number of methoxy groups -OCH3 is 1. The maximum atomic E-state index is 5.92. The van der Waals surface area contributed by atoms with E-state index >= 15 is 0 Å². The van der Waals surface area contributed by atoms with Gasteiger partial charge in [0.25, 0.3) is 0 Å². The molecule has 1 aromatic rings. The van der Waals surface area contributed by atoms with Crippen molar-refractivity contribution >= 4 is 11.6 Å². The standard InChI is InChI=1S/C14H19ClN2O/c1-17-11-4-5-12(17)8-14(7-11,18-2)10-3-6-13(15)16-9-10/h3,6,9,11-12H,4-5,7-8H2,1-2H3. The number of piperidine rings is 1. The highest BCUT2D eigenvalue weighted by atomic mass is 35.5. The van der Waals surface area contributed by atoms with Gasteiger partial charge in [-0.15, -0.1) is 0 Å². The van der Waals surface area contributed by atoms with Crippen LogP contribution < -0.4 is 0 Å². The van der Waals surface area contributed by atoms with Crippen LogP contribution in [0.4, 0.5) is 0 Å². The number of pyridine rings is 1. The summed E-state index contributed by atoms with van der Waals surface area (Å²) in [6.07, 6.45) is 6.55. The van der Waals surface area contributed by atoms with E-state index in [9.17, 15) is 0 Å². The second kappa shape index (κ2) is 4.48. The molecule has 2 fully saturated rings. The van der Waals surface area contributed by atoms with Crippen LogP contribution in [0.1, 0.15) is 31.2 Å². The van der Waals surface area contributed by atoms with Crippen molar-refractivity contribution in [2.24, 2.45) is 0 Å². The molecule has 2 aliphatic heterocycles. The molecule has 0 radical (unpaired) electrons. The number of aromatic nitrogens is 1. The predicted octanol–water partition coefficient (Wildman–Crippen LogP) is 2.83. The summed E-state index contributed by atoms with van der Waals surface area (Å²) in [6.45, 7) is 0. The van der Waals surface area contributed by atoms with Gasteiger partial charge >= 0.3 is 0 Å². The van der Waals surface area contributed by atoms with Crippen LogP contribution >= 0.6 is 11.6 Å². The Labute approximate surface area is 113 Å². The summed E-state index contributed by atoms with van der Waals surface area (Å²) in [7, 11) is 4.06. The number of ether oxygens (including phenoxy) is 1. The van der Waals surface area contributed by atoms with Gasteiger partial charge in [0.2, 0.25) is 0 Å². The molecule has 0 N–H and O–H groups in total. The first-order chi connectivity index (χ1) is 8.64. The molecule has 98 valence electrons. The highest BCUT2D eigenvalue weighted by Gasteiger charge is 2.48. The molecule has 0 spiro atoms. The molecular weight excluding hydrogens is 248 g/mol. The molecule has 2 saturated heterocycles. The van der Waals surface area contributed by atoms with Gasteiger partial charge in [0.1, 0.15) is 5.15 Å². The van der Waals surface area contributed by atoms with Gasteiger partial charge in [-0.25, -0.2) is 4.98 Å². The third-order valence-electron chi connectivity index (χ3n) is 4.76. The molecule has 0 amide bonds. The van der Waals surface area contributed by atoms with E-state index in [-0.39, 0.29) is 5.60 Å². The molecule has 1 aromatic heterocycles. The van der Waals surface area contributed by atoms with Crippen molar-refractivity contribution in [2.45, 2.75) is 43.4 Å². The first-order valence-electron chi connectivity index (χ1n) is 6.54. The van der Waals surface area contributed by atoms with Gasteiger partial charge < -0.3 is 9.64 Å². The Bertz CT molecular complexity index is 420. The SMILES string of the molecule is COC1(c2ccc(Cl)nc2)CC2CCC(C1)N2C. The minimum atomic E-state index is -0.171. The fraction of sp³-hybridized carbons (Fsp3) is 0.643. The van der Waals surface area contributed by atoms with E-state index in [0.717, 1.165) is 12.8 Å². The molecule has 0 saturated carbocycles. The number of rotatable bonds is 2. The van der Waals surface area contributed by atoms with Crippen LogP contribution in [-0.4, -0.2) is 36.1 Å². The highest BCUT2D eigenvalue weighted by molar-refractivity contribution is 6.29. The number of hydrogen-bond donors (Lipinski definition) is 0. The zero-order chi connectivity index (χ0) is 12.8. The third kappa shape index (κ3) is 1.85. The van der Waals surface area contributed by atoms with Crippen LogP contribution in [0.25, 0.3) is 0 Å². The Hall–Kier alpha value is -0.640. The average Bonchev–Trinajstić information content (AvgIpc) is 2.63. The zero-order valence-corrected chi connectivity index (χ0v) is 11.7. The first kappa shape index (κ1) is 12.4. The first-order valence-corrected chi connectivity index (χ1v) is 6.91. The molecule has 3 nitrogen and oxygen atoms in total. The lowest BCUT2D eigenvalue weighted by Gasteiger charge is -2.44. The Kier molecular flexibility index (Phi) is 3.08. The molecule has 0 aromatic carbocycles. The lowest BCUT2D eigenvalue weighted by atomic mass is 9.81. The minimum absolute atomic E-state index is 0.171. The topological polar surface area (TPSA) is 25.4 Å². The zero-order valence-electron chi connectivity index (χ0n) is 10.9. The highest BCUT2D eigenvalue weighted by Crippen LogP contribution is 2.46. The lowest BCUT2D eigenvalue weighted by Crippen LogP contribution is -2.48. The summed E-state index contributed by atoms with van der Waals surface area (Å²) in [6, 6.07) is 5.19. The van der Waals surface area contributed by atoms with Gasteiger partial charge in [0.05, 0.1) is 5.60 Å². The van der Waals surface area contributed by atoms with Crippen LogP contribution in [0.15, 0.2) is 18.3 Å². The molecule has 2 aliphatic rings. The van der Waals surface area contributed by atoms with Crippen LogP contribution in [-0.2, 0) is 10.3 Å². The van der Waals surface area contributed by atoms with Crippen molar-refractivity contribution in [1.82, 2.24) is 9.88 Å². The van der Waals surface area contributed by atoms with Crippen molar-refractivity contribution in [2.75, 3.05) is 14.2 Å². The molecule has 4 heteroatoms. The maximum absolute atomic E-state index is 5.92. The quantitative estimate of drug-likeness (QED) is 0.770. The monoisotopic (exact) mass is 266 g/mol. The number of nitrogens with zero attached hydrogens (tertiary/aromatic N) is 2. The Morgan fingerprint density at radius 1 is 1.33 bits per heavy atom. The van der Waals surface area contributed by atoms with E-state index in [2.05, 4.69) is 23.0 Å². The number of halogens is 1. The van der Waals surface area contributed by atoms with Gasteiger partial charge in [0, 0.05) is 31.0 Å². The molecule has 3 heterocycles. The fourth-order valence-electron chi connectivity index (χ4n) is 3.59. The summed E-state index contributed by atoms with van der Waals surface area (Å²) < 4.78 is 5.92. The Balaban J connectivity index is 1.94. The van der Waals surface area contributed by atoms with E-state index in [4.69, 9.17) is 16.3 Å². The summed E-state index contributed by atoms with van der Waals surface area (Å²) in [5.41, 5.74) is 0.995. The van der Waals surface area contributed by atoms with Crippen molar-refractivity contribution in [3.8, 4) is 0 Å². The van der Waals surface area contributed by atoms with Crippen molar-refractivity contribution < 1.29 is 4.74 Å². The van der Waals surface area contributed by atoms with E-state index in [0.29, 0.717) is 17.2 Å². The molecule has 0 aliphatic carbocycles. The van der Waals surface area contributed by atoms with Crippen LogP contribution in [0.5, 0.6) is 0 Å². The van der Waals surface area contributed by atoms with E-state index in [1.54, 1.807) is 0 Å². The van der Waals surface area contributed by atoms with Crippen LogP contribution in [0, 0.1) is 0 Å². The normalized spacial score (nSPS) is 35.9. The summed E-state index contributed by atoms with van der Waals surface area (Å²) in [5, 5.41) is 0.543. The van der Waals surface area contributed by atoms with E-state index in [1.165, 1.54) is 18.4 Å². The Morgan fingerprint density at radius 3 is 2.50 bits per heavy atom. The summed E-state index contributed by atoms with van der Waals surface area (Å²) in [4.78, 5) is 6.72. The maximum Gasteiger partial charge on any atom is 0.129 e. The summed E-state index contributed by atoms with van der Waals surface area (Å²) in [5.74, 6) is 0. The van der Waals surface area contributed by atoms with Crippen molar-refractivity contribution in [1.29, 1.82) is 0 Å². The van der Waals surface area contributed by atoms with E-state index in [1.807, 2.05) is 19.4 Å². The van der Waals surface area contributed by atoms with Crippen LogP contribution in [0.3, 0.4) is 0 Å².